The molecule has 0 aromatic heterocycles. The quantitative estimate of drug-likeness (QED) is 0.440. The average molecular weight is 472 g/mol. The van der Waals surface area contributed by atoms with Crippen LogP contribution >= 0.6 is 11.6 Å². The van der Waals surface area contributed by atoms with Gasteiger partial charge in [0.25, 0.3) is 5.91 Å². The third kappa shape index (κ3) is 5.84. The molecule has 2 aromatic rings. The van der Waals surface area contributed by atoms with Crippen LogP contribution in [0.4, 0.5) is 10.5 Å². The molecule has 8 nitrogen and oxygen atoms in total. The van der Waals surface area contributed by atoms with Gasteiger partial charge in [0.05, 0.1) is 18.2 Å². The third-order valence-corrected chi connectivity index (χ3v) is 5.30. The number of carbonyl (C=O) groups excluding carboxylic acids is 3. The number of ether oxygens (including phenoxy) is 2. The molecule has 1 fully saturated rings. The van der Waals surface area contributed by atoms with Gasteiger partial charge in [-0.15, -0.1) is 0 Å². The number of imide groups is 1. The van der Waals surface area contributed by atoms with Crippen LogP contribution in [0.2, 0.25) is 5.02 Å². The van der Waals surface area contributed by atoms with Crippen molar-refractivity contribution in [2.24, 2.45) is 0 Å². The van der Waals surface area contributed by atoms with Gasteiger partial charge in [-0.1, -0.05) is 30.7 Å². The third-order valence-electron chi connectivity index (χ3n) is 5.02. The predicted molar refractivity (Wildman–Crippen MR) is 126 cm³/mol. The number of methoxy groups -OCH3 is 1. The molecule has 9 heteroatoms. The SMILES string of the molecule is CC[C@@H](C)Oc1c(Cl)cc(/C=C2/NC(=O)N(CC(=O)Nc3cccc(C)c3)C2=O)cc1OC. The fourth-order valence-electron chi connectivity index (χ4n) is 3.17. The summed E-state index contributed by atoms with van der Waals surface area (Å²) in [5.74, 6) is -0.288. The van der Waals surface area contributed by atoms with E-state index in [0.717, 1.165) is 16.9 Å². The lowest BCUT2D eigenvalue weighted by Crippen LogP contribution is -2.38. The number of rotatable bonds is 8. The number of urea groups is 1. The molecule has 0 aliphatic carbocycles. The summed E-state index contributed by atoms with van der Waals surface area (Å²) in [6.07, 6.45) is 2.20. The maximum Gasteiger partial charge on any atom is 0.329 e. The van der Waals surface area contributed by atoms with Gasteiger partial charge in [-0.3, -0.25) is 9.59 Å². The van der Waals surface area contributed by atoms with Crippen LogP contribution in [0.5, 0.6) is 11.5 Å². The summed E-state index contributed by atoms with van der Waals surface area (Å²) in [5.41, 5.74) is 2.12. The minimum atomic E-state index is -0.680. The van der Waals surface area contributed by atoms with Crippen LogP contribution in [-0.2, 0) is 9.59 Å². The van der Waals surface area contributed by atoms with E-state index in [0.29, 0.717) is 27.8 Å². The molecule has 0 spiro atoms. The highest BCUT2D eigenvalue weighted by molar-refractivity contribution is 6.32. The maximum absolute atomic E-state index is 12.8. The predicted octanol–water partition coefficient (Wildman–Crippen LogP) is 4.37. The van der Waals surface area contributed by atoms with Crippen LogP contribution in [0, 0.1) is 6.92 Å². The zero-order valence-electron chi connectivity index (χ0n) is 18.9. The van der Waals surface area contributed by atoms with Crippen molar-refractivity contribution in [2.75, 3.05) is 19.0 Å². The average Bonchev–Trinajstić information content (AvgIpc) is 3.02. The highest BCUT2D eigenvalue weighted by atomic mass is 35.5. The number of hydrogen-bond donors (Lipinski definition) is 2. The Labute approximate surface area is 197 Å². The van der Waals surface area contributed by atoms with Crippen molar-refractivity contribution in [3.8, 4) is 11.5 Å². The number of nitrogens with zero attached hydrogens (tertiary/aromatic N) is 1. The molecule has 0 saturated carbocycles. The molecule has 1 aliphatic heterocycles. The van der Waals surface area contributed by atoms with Gasteiger partial charge >= 0.3 is 6.03 Å². The number of amides is 4. The van der Waals surface area contributed by atoms with Gasteiger partial charge in [-0.2, -0.15) is 0 Å². The Kier molecular flexibility index (Phi) is 7.60. The number of carbonyl (C=O) groups is 3. The van der Waals surface area contributed by atoms with Crippen LogP contribution in [-0.4, -0.2) is 42.5 Å². The van der Waals surface area contributed by atoms with Crippen LogP contribution in [0.1, 0.15) is 31.4 Å². The van der Waals surface area contributed by atoms with Crippen LogP contribution in [0.25, 0.3) is 6.08 Å². The minimum absolute atomic E-state index is 0.0251. The van der Waals surface area contributed by atoms with Crippen molar-refractivity contribution in [3.63, 3.8) is 0 Å². The van der Waals surface area contributed by atoms with Crippen molar-refractivity contribution >= 4 is 41.2 Å². The summed E-state index contributed by atoms with van der Waals surface area (Å²) in [6, 6.07) is 9.81. The molecular formula is C24H26ClN3O5. The Morgan fingerprint density at radius 3 is 2.70 bits per heavy atom. The zero-order chi connectivity index (χ0) is 24.1. The van der Waals surface area contributed by atoms with Crippen molar-refractivity contribution < 1.29 is 23.9 Å². The first kappa shape index (κ1) is 24.1. The second-order valence-corrected chi connectivity index (χ2v) is 8.08. The van der Waals surface area contributed by atoms with Crippen molar-refractivity contribution in [2.45, 2.75) is 33.3 Å². The standard InChI is InChI=1S/C24H26ClN3O5/c1-5-15(3)33-22-18(25)10-16(12-20(22)32-4)11-19-23(30)28(24(31)27-19)13-21(29)26-17-8-6-7-14(2)9-17/h6-12,15H,5,13H2,1-4H3,(H,26,29)(H,27,31)/b19-11+/t15-/m1/s1. The minimum Gasteiger partial charge on any atom is -0.493 e. The van der Waals surface area contributed by atoms with E-state index in [2.05, 4.69) is 10.6 Å². The lowest BCUT2D eigenvalue weighted by Gasteiger charge is -2.17. The van der Waals surface area contributed by atoms with E-state index in [-0.39, 0.29) is 11.8 Å². The van der Waals surface area contributed by atoms with Gasteiger partial charge in [0, 0.05) is 5.69 Å². The summed E-state index contributed by atoms with van der Waals surface area (Å²) in [7, 11) is 1.49. The smallest absolute Gasteiger partial charge is 0.329 e. The largest absolute Gasteiger partial charge is 0.493 e. The summed E-state index contributed by atoms with van der Waals surface area (Å²) >= 11 is 6.38. The van der Waals surface area contributed by atoms with E-state index in [1.807, 2.05) is 26.8 Å². The number of anilines is 1. The monoisotopic (exact) mass is 471 g/mol. The summed E-state index contributed by atoms with van der Waals surface area (Å²) in [5, 5.41) is 5.49. The van der Waals surface area contributed by atoms with Crippen molar-refractivity contribution in [1.29, 1.82) is 0 Å². The van der Waals surface area contributed by atoms with E-state index < -0.39 is 24.4 Å². The molecular weight excluding hydrogens is 446 g/mol. The number of halogens is 1. The zero-order valence-corrected chi connectivity index (χ0v) is 19.7. The van der Waals surface area contributed by atoms with Crippen molar-refractivity contribution in [3.05, 3.63) is 58.2 Å². The molecule has 1 saturated heterocycles. The van der Waals surface area contributed by atoms with E-state index in [9.17, 15) is 14.4 Å². The van der Waals surface area contributed by atoms with Gasteiger partial charge < -0.3 is 20.1 Å². The van der Waals surface area contributed by atoms with Crippen LogP contribution in [0.15, 0.2) is 42.1 Å². The number of benzene rings is 2. The fraction of sp³-hybridized carbons (Fsp3) is 0.292. The topological polar surface area (TPSA) is 97.0 Å². The Balaban J connectivity index is 1.76. The fourth-order valence-corrected chi connectivity index (χ4v) is 3.43. The summed E-state index contributed by atoms with van der Waals surface area (Å²) < 4.78 is 11.2. The molecule has 1 heterocycles. The molecule has 0 radical (unpaired) electrons. The highest BCUT2D eigenvalue weighted by Gasteiger charge is 2.35. The molecule has 0 unspecified atom stereocenters. The van der Waals surface area contributed by atoms with E-state index in [1.165, 1.54) is 13.2 Å². The highest BCUT2D eigenvalue weighted by Crippen LogP contribution is 2.38. The molecule has 0 bridgehead atoms. The van der Waals surface area contributed by atoms with Crippen LogP contribution < -0.4 is 20.1 Å². The van der Waals surface area contributed by atoms with Crippen LogP contribution in [0.3, 0.4) is 0 Å². The first-order chi connectivity index (χ1) is 15.7. The number of nitrogens with one attached hydrogen (secondary N) is 2. The van der Waals surface area contributed by atoms with Gasteiger partial charge in [0.2, 0.25) is 5.91 Å². The second-order valence-electron chi connectivity index (χ2n) is 7.67. The van der Waals surface area contributed by atoms with Gasteiger partial charge in [-0.05, 0) is 61.7 Å². The molecule has 3 rings (SSSR count). The second kappa shape index (κ2) is 10.4. The van der Waals surface area contributed by atoms with E-state index in [4.69, 9.17) is 21.1 Å². The summed E-state index contributed by atoms with van der Waals surface area (Å²) in [6.45, 7) is 5.39. The van der Waals surface area contributed by atoms with E-state index in [1.54, 1.807) is 30.3 Å². The number of hydrogen-bond acceptors (Lipinski definition) is 5. The normalized spacial score (nSPS) is 15.4. The van der Waals surface area contributed by atoms with Gasteiger partial charge in [0.1, 0.15) is 12.2 Å². The Bertz CT molecular complexity index is 1120. The molecule has 4 amide bonds. The lowest BCUT2D eigenvalue weighted by molar-refractivity contribution is -0.127. The molecule has 2 aromatic carbocycles. The number of aryl methyl sites for hydroxylation is 1. The van der Waals surface area contributed by atoms with Gasteiger partial charge in [0.15, 0.2) is 11.5 Å². The Hall–Kier alpha value is -3.52. The van der Waals surface area contributed by atoms with Crippen molar-refractivity contribution in [1.82, 2.24) is 10.2 Å². The van der Waals surface area contributed by atoms with E-state index >= 15 is 0 Å². The molecule has 33 heavy (non-hydrogen) atoms. The Morgan fingerprint density at radius 1 is 1.27 bits per heavy atom. The lowest BCUT2D eigenvalue weighted by atomic mass is 10.1. The first-order valence-corrected chi connectivity index (χ1v) is 10.8. The molecule has 1 aliphatic rings. The van der Waals surface area contributed by atoms with Gasteiger partial charge in [-0.25, -0.2) is 9.69 Å². The Morgan fingerprint density at radius 2 is 2.03 bits per heavy atom. The molecule has 174 valence electrons. The molecule has 2 N–H and O–H groups in total. The summed E-state index contributed by atoms with van der Waals surface area (Å²) in [4.78, 5) is 38.3. The first-order valence-electron chi connectivity index (χ1n) is 10.5. The molecule has 1 atom stereocenters. The maximum atomic E-state index is 12.8.